The second kappa shape index (κ2) is 5.48. The summed E-state index contributed by atoms with van der Waals surface area (Å²) < 4.78 is 18.1. The van der Waals surface area contributed by atoms with Gasteiger partial charge in [-0.25, -0.2) is 4.39 Å². The number of hydrogen-bond donors (Lipinski definition) is 3. The second-order valence-electron chi connectivity index (χ2n) is 3.99. The predicted octanol–water partition coefficient (Wildman–Crippen LogP) is 2.86. The molecule has 0 amide bonds. The van der Waals surface area contributed by atoms with Gasteiger partial charge in [-0.2, -0.15) is 0 Å². The highest BCUT2D eigenvalue weighted by atomic mass is 19.1. The smallest absolute Gasteiger partial charge is 0.166 e. The van der Waals surface area contributed by atoms with Crippen LogP contribution in [0.3, 0.4) is 0 Å². The van der Waals surface area contributed by atoms with Crippen LogP contribution in [0.1, 0.15) is 5.56 Å². The van der Waals surface area contributed by atoms with Gasteiger partial charge in [-0.3, -0.25) is 0 Å². The topological polar surface area (TPSA) is 61.7 Å². The molecule has 2 rings (SSSR count). The Labute approximate surface area is 110 Å². The molecule has 0 bridgehead atoms. The number of nitrogens with one attached hydrogen (secondary N) is 1. The van der Waals surface area contributed by atoms with E-state index in [0.29, 0.717) is 23.5 Å². The van der Waals surface area contributed by atoms with Crippen LogP contribution in [0.15, 0.2) is 36.4 Å². The molecule has 0 unspecified atom stereocenters. The van der Waals surface area contributed by atoms with Crippen LogP contribution in [0, 0.1) is 5.82 Å². The minimum atomic E-state index is -0.695. The minimum absolute atomic E-state index is 0.0525. The van der Waals surface area contributed by atoms with Crippen LogP contribution in [0.4, 0.5) is 10.1 Å². The molecule has 0 atom stereocenters. The first-order valence-electron chi connectivity index (χ1n) is 5.69. The Balaban J connectivity index is 2.12. The number of rotatable bonds is 4. The molecule has 0 heterocycles. The van der Waals surface area contributed by atoms with Crippen molar-refractivity contribution in [3.8, 4) is 17.2 Å². The van der Waals surface area contributed by atoms with Gasteiger partial charge in [0.15, 0.2) is 23.1 Å². The molecule has 0 radical (unpaired) electrons. The van der Waals surface area contributed by atoms with E-state index in [1.54, 1.807) is 24.3 Å². The molecule has 2 aromatic rings. The minimum Gasteiger partial charge on any atom is -0.505 e. The number of hydrogen-bond acceptors (Lipinski definition) is 4. The van der Waals surface area contributed by atoms with Crippen LogP contribution in [-0.2, 0) is 6.54 Å². The normalized spacial score (nSPS) is 10.2. The molecule has 0 spiro atoms. The first-order chi connectivity index (χ1) is 9.11. The molecule has 0 saturated heterocycles. The predicted molar refractivity (Wildman–Crippen MR) is 70.1 cm³/mol. The lowest BCUT2D eigenvalue weighted by Gasteiger charge is -2.11. The number of para-hydroxylation sites is 1. The largest absolute Gasteiger partial charge is 0.505 e. The molecule has 100 valence electrons. The molecule has 3 N–H and O–H groups in total. The van der Waals surface area contributed by atoms with Crippen molar-refractivity contribution >= 4 is 5.69 Å². The van der Waals surface area contributed by atoms with Crippen molar-refractivity contribution in [2.45, 2.75) is 6.54 Å². The van der Waals surface area contributed by atoms with E-state index in [9.17, 15) is 9.50 Å². The zero-order valence-corrected chi connectivity index (χ0v) is 10.4. The molecule has 0 aromatic heterocycles. The average molecular weight is 263 g/mol. The van der Waals surface area contributed by atoms with E-state index >= 15 is 0 Å². The molecule has 0 fully saturated rings. The van der Waals surface area contributed by atoms with Gasteiger partial charge in [-0.15, -0.1) is 0 Å². The van der Waals surface area contributed by atoms with Gasteiger partial charge in [-0.05, 0) is 18.2 Å². The molecular weight excluding hydrogens is 249 g/mol. The maximum Gasteiger partial charge on any atom is 0.166 e. The number of halogens is 1. The summed E-state index contributed by atoms with van der Waals surface area (Å²) in [5, 5.41) is 21.9. The number of ether oxygens (including phenoxy) is 1. The lowest BCUT2D eigenvalue weighted by atomic mass is 10.2. The summed E-state index contributed by atoms with van der Waals surface area (Å²) in [6.45, 7) is 0.313. The van der Waals surface area contributed by atoms with E-state index in [4.69, 9.17) is 9.84 Å². The third-order valence-electron chi connectivity index (χ3n) is 2.73. The highest BCUT2D eigenvalue weighted by Crippen LogP contribution is 2.30. The van der Waals surface area contributed by atoms with E-state index in [1.807, 2.05) is 0 Å². The summed E-state index contributed by atoms with van der Waals surface area (Å²) in [7, 11) is 1.47. The van der Waals surface area contributed by atoms with Crippen molar-refractivity contribution in [3.63, 3.8) is 0 Å². The third-order valence-corrected chi connectivity index (χ3v) is 2.73. The summed E-state index contributed by atoms with van der Waals surface area (Å²) in [6.07, 6.45) is 0. The van der Waals surface area contributed by atoms with Gasteiger partial charge in [0, 0.05) is 23.9 Å². The summed E-state index contributed by atoms with van der Waals surface area (Å²) in [5.41, 5.74) is 1.14. The fraction of sp³-hybridized carbons (Fsp3) is 0.143. The Morgan fingerprint density at radius 2 is 2.00 bits per heavy atom. The van der Waals surface area contributed by atoms with E-state index in [2.05, 4.69) is 5.32 Å². The van der Waals surface area contributed by atoms with Crippen LogP contribution in [0.5, 0.6) is 17.2 Å². The molecule has 5 heteroatoms. The Hall–Kier alpha value is -2.43. The van der Waals surface area contributed by atoms with Crippen LogP contribution >= 0.6 is 0 Å². The van der Waals surface area contributed by atoms with Gasteiger partial charge in [0.05, 0.1) is 7.11 Å². The molecule has 0 aliphatic rings. The standard InChI is InChI=1S/C14H14FNO3/c1-19-13-4-2-3-9(14(13)18)8-16-10-5-6-12(17)11(15)7-10/h2-7,16-18H,8H2,1H3. The molecule has 2 aromatic carbocycles. The first-order valence-corrected chi connectivity index (χ1v) is 5.69. The lowest BCUT2D eigenvalue weighted by Crippen LogP contribution is -2.00. The second-order valence-corrected chi connectivity index (χ2v) is 3.99. The van der Waals surface area contributed by atoms with Gasteiger partial charge < -0.3 is 20.3 Å². The molecule has 4 nitrogen and oxygen atoms in total. The monoisotopic (exact) mass is 263 g/mol. The fourth-order valence-electron chi connectivity index (χ4n) is 1.69. The van der Waals surface area contributed by atoms with Gasteiger partial charge >= 0.3 is 0 Å². The molecular formula is C14H14FNO3. The average Bonchev–Trinajstić information content (AvgIpc) is 2.41. The van der Waals surface area contributed by atoms with Crippen LogP contribution < -0.4 is 10.1 Å². The van der Waals surface area contributed by atoms with Gasteiger partial charge in [0.1, 0.15) is 0 Å². The maximum absolute atomic E-state index is 13.1. The zero-order valence-electron chi connectivity index (χ0n) is 10.4. The highest BCUT2D eigenvalue weighted by Gasteiger charge is 2.07. The molecule has 19 heavy (non-hydrogen) atoms. The van der Waals surface area contributed by atoms with E-state index < -0.39 is 11.6 Å². The van der Waals surface area contributed by atoms with Crippen LogP contribution in [0.25, 0.3) is 0 Å². The number of phenols is 2. The Kier molecular flexibility index (Phi) is 3.75. The van der Waals surface area contributed by atoms with Crippen molar-refractivity contribution in [2.75, 3.05) is 12.4 Å². The lowest BCUT2D eigenvalue weighted by molar-refractivity contribution is 0.371. The van der Waals surface area contributed by atoms with Crippen molar-refractivity contribution in [2.24, 2.45) is 0 Å². The van der Waals surface area contributed by atoms with Crippen molar-refractivity contribution in [1.29, 1.82) is 0 Å². The maximum atomic E-state index is 13.1. The Morgan fingerprint density at radius 3 is 2.68 bits per heavy atom. The Morgan fingerprint density at radius 1 is 1.21 bits per heavy atom. The first kappa shape index (κ1) is 13.0. The van der Waals surface area contributed by atoms with Crippen LogP contribution in [-0.4, -0.2) is 17.3 Å². The van der Waals surface area contributed by atoms with E-state index in [1.165, 1.54) is 19.2 Å². The molecule has 0 saturated carbocycles. The van der Waals surface area contributed by atoms with E-state index in [-0.39, 0.29) is 5.75 Å². The summed E-state index contributed by atoms with van der Waals surface area (Å²) in [5.74, 6) is -0.650. The van der Waals surface area contributed by atoms with Crippen LogP contribution in [0.2, 0.25) is 0 Å². The van der Waals surface area contributed by atoms with Crippen molar-refractivity contribution in [1.82, 2.24) is 0 Å². The fourth-order valence-corrected chi connectivity index (χ4v) is 1.69. The van der Waals surface area contributed by atoms with Crippen molar-refractivity contribution < 1.29 is 19.3 Å². The number of aromatic hydroxyl groups is 2. The van der Waals surface area contributed by atoms with Gasteiger partial charge in [-0.1, -0.05) is 12.1 Å². The summed E-state index contributed by atoms with van der Waals surface area (Å²) in [4.78, 5) is 0. The highest BCUT2D eigenvalue weighted by molar-refractivity contribution is 5.50. The summed E-state index contributed by atoms with van der Waals surface area (Å²) in [6, 6.07) is 9.15. The number of anilines is 1. The number of phenolic OH excluding ortho intramolecular Hbond substituents is 2. The summed E-state index contributed by atoms with van der Waals surface area (Å²) >= 11 is 0. The van der Waals surface area contributed by atoms with E-state index in [0.717, 1.165) is 0 Å². The quantitative estimate of drug-likeness (QED) is 0.742. The SMILES string of the molecule is COc1cccc(CNc2ccc(O)c(F)c2)c1O. The Bertz CT molecular complexity index is 587. The van der Waals surface area contributed by atoms with Gasteiger partial charge in [0.2, 0.25) is 0 Å². The zero-order chi connectivity index (χ0) is 13.8. The molecule has 0 aliphatic heterocycles. The molecule has 0 aliphatic carbocycles. The number of benzene rings is 2. The van der Waals surface area contributed by atoms with Crippen molar-refractivity contribution in [3.05, 3.63) is 47.8 Å². The third kappa shape index (κ3) is 2.88. The van der Waals surface area contributed by atoms with Gasteiger partial charge in [0.25, 0.3) is 0 Å². The number of methoxy groups -OCH3 is 1.